The van der Waals surface area contributed by atoms with E-state index in [0.717, 1.165) is 96.7 Å². The van der Waals surface area contributed by atoms with Gasteiger partial charge in [-0.1, -0.05) is 38.8 Å². The number of hydrogen-bond donors (Lipinski definition) is 6. The number of amides is 4. The topological polar surface area (TPSA) is 236 Å². The Morgan fingerprint density at radius 1 is 0.648 bits per heavy atom. The van der Waals surface area contributed by atoms with Crippen LogP contribution in [-0.2, 0) is 9.47 Å². The van der Waals surface area contributed by atoms with Gasteiger partial charge in [-0.25, -0.2) is 24.4 Å². The fourth-order valence-electron chi connectivity index (χ4n) is 9.00. The van der Waals surface area contributed by atoms with Gasteiger partial charge in [-0.2, -0.15) is 0 Å². The molecule has 8 rings (SSSR count). The molecule has 0 unspecified atom stereocenters. The number of nitrogens with zero attached hydrogens (tertiary/aromatic N) is 6. The van der Waals surface area contributed by atoms with Crippen molar-refractivity contribution in [3.05, 3.63) is 83.2 Å². The van der Waals surface area contributed by atoms with E-state index in [0.29, 0.717) is 94.6 Å². The number of ether oxygens (including phenoxy) is 2. The molecule has 18 heteroatoms. The summed E-state index contributed by atoms with van der Waals surface area (Å²) in [6.07, 6.45) is 4.93. The van der Waals surface area contributed by atoms with Crippen LogP contribution < -0.4 is 26.2 Å². The SMILES string of the molecule is CC[C@@H]1CCN(C(=O)Nc2ccc(C)c(-c3cc(C(=O)CCCO)nc(N4CCOCC4)c3)c2)C1.CC[C@@H]1CCN(C(=O)Nc2ccc(C)c(-c3cc(C(=O)O)nc(N4CCOCC4)c3)c2)C1.NCCO. The Morgan fingerprint density at radius 3 is 1.48 bits per heavy atom. The van der Waals surface area contributed by atoms with Crippen molar-refractivity contribution in [2.45, 2.75) is 66.2 Å². The Bertz CT molecular complexity index is 2420. The number of morpholine rings is 2. The lowest BCUT2D eigenvalue weighted by atomic mass is 9.98. The first-order valence-electron chi connectivity index (χ1n) is 25.1. The summed E-state index contributed by atoms with van der Waals surface area (Å²) >= 11 is 0. The number of aromatic nitrogens is 2. The molecule has 0 radical (unpaired) electrons. The molecule has 2 atom stereocenters. The van der Waals surface area contributed by atoms with Crippen LogP contribution in [0.15, 0.2) is 60.7 Å². The van der Waals surface area contributed by atoms with Gasteiger partial charge in [0.25, 0.3) is 0 Å². The average Bonchev–Trinajstić information content (AvgIpc) is 4.11. The smallest absolute Gasteiger partial charge is 0.354 e. The van der Waals surface area contributed by atoms with Crippen LogP contribution in [0, 0.1) is 25.7 Å². The second kappa shape index (κ2) is 26.9. The summed E-state index contributed by atoms with van der Waals surface area (Å²) < 4.78 is 10.9. The van der Waals surface area contributed by atoms with Crippen LogP contribution in [0.2, 0.25) is 0 Å². The first-order valence-corrected chi connectivity index (χ1v) is 25.1. The van der Waals surface area contributed by atoms with Gasteiger partial charge in [0.15, 0.2) is 11.5 Å². The van der Waals surface area contributed by atoms with E-state index in [1.54, 1.807) is 6.07 Å². The monoisotopic (exact) mass is 980 g/mol. The van der Waals surface area contributed by atoms with Gasteiger partial charge >= 0.3 is 18.0 Å². The Kier molecular flexibility index (Phi) is 20.5. The van der Waals surface area contributed by atoms with E-state index in [4.69, 9.17) is 25.4 Å². The number of aryl methyl sites for hydroxylation is 2. The van der Waals surface area contributed by atoms with E-state index in [9.17, 15) is 24.3 Å². The lowest BCUT2D eigenvalue weighted by Crippen LogP contribution is -2.37. The van der Waals surface area contributed by atoms with E-state index < -0.39 is 5.97 Å². The molecule has 6 heterocycles. The van der Waals surface area contributed by atoms with Crippen molar-refractivity contribution in [3.63, 3.8) is 0 Å². The van der Waals surface area contributed by atoms with E-state index in [1.807, 2.05) is 83.1 Å². The van der Waals surface area contributed by atoms with Crippen LogP contribution in [0.4, 0.5) is 32.6 Å². The maximum atomic E-state index is 12.8. The number of carbonyl (C=O) groups is 4. The second-order valence-electron chi connectivity index (χ2n) is 18.4. The predicted molar refractivity (Wildman–Crippen MR) is 277 cm³/mol. The number of ketones is 1. The van der Waals surface area contributed by atoms with Gasteiger partial charge in [-0.3, -0.25) is 4.79 Å². The Hall–Kier alpha value is -6.18. The Labute approximate surface area is 417 Å². The van der Waals surface area contributed by atoms with Gasteiger partial charge in [0.2, 0.25) is 0 Å². The van der Waals surface area contributed by atoms with E-state index in [2.05, 4.69) is 39.3 Å². The Balaban J connectivity index is 0.000000217. The molecule has 0 aliphatic carbocycles. The largest absolute Gasteiger partial charge is 0.477 e. The first kappa shape index (κ1) is 54.2. The zero-order valence-electron chi connectivity index (χ0n) is 41.8. The molecule has 7 N–H and O–H groups in total. The number of pyridine rings is 2. The number of aliphatic hydroxyl groups excluding tert-OH is 2. The molecular weight excluding hydrogens is 907 g/mol. The minimum atomic E-state index is -1.07. The molecule has 384 valence electrons. The highest BCUT2D eigenvalue weighted by Gasteiger charge is 2.27. The summed E-state index contributed by atoms with van der Waals surface area (Å²) in [4.78, 5) is 67.1. The summed E-state index contributed by atoms with van der Waals surface area (Å²) in [6, 6.07) is 18.8. The summed E-state index contributed by atoms with van der Waals surface area (Å²) in [5, 5.41) is 32.6. The summed E-state index contributed by atoms with van der Waals surface area (Å²) in [7, 11) is 0. The van der Waals surface area contributed by atoms with Gasteiger partial charge in [0.1, 0.15) is 17.3 Å². The normalized spacial score (nSPS) is 17.7. The maximum Gasteiger partial charge on any atom is 0.354 e. The summed E-state index contributed by atoms with van der Waals surface area (Å²) in [5.74, 6) is 1.36. The lowest BCUT2D eigenvalue weighted by molar-refractivity contribution is 0.0690. The number of carboxylic acid groups (broad SMARTS) is 1. The van der Waals surface area contributed by atoms with Crippen LogP contribution in [0.1, 0.15) is 84.5 Å². The Morgan fingerprint density at radius 2 is 1.08 bits per heavy atom. The van der Waals surface area contributed by atoms with Gasteiger partial charge in [0.05, 0.1) is 33.0 Å². The van der Waals surface area contributed by atoms with Crippen LogP contribution in [0.5, 0.6) is 0 Å². The average molecular weight is 980 g/mol. The fourth-order valence-corrected chi connectivity index (χ4v) is 9.00. The molecule has 0 saturated carbocycles. The van der Waals surface area contributed by atoms with Crippen LogP contribution in [0.3, 0.4) is 0 Å². The van der Waals surface area contributed by atoms with Gasteiger partial charge < -0.3 is 60.8 Å². The first-order chi connectivity index (χ1) is 34.3. The van der Waals surface area contributed by atoms with Crippen molar-refractivity contribution in [2.24, 2.45) is 17.6 Å². The number of hydrogen-bond acceptors (Lipinski definition) is 13. The van der Waals surface area contributed by atoms with Crippen LogP contribution in [0.25, 0.3) is 22.3 Å². The molecule has 4 amide bonds. The fraction of sp³-hybridized carbons (Fsp3) is 0.509. The highest BCUT2D eigenvalue weighted by Crippen LogP contribution is 2.33. The van der Waals surface area contributed by atoms with E-state index in [1.165, 1.54) is 0 Å². The standard InChI is InChI=1S/C27H36N4O4.C24H30N4O4.C2H7NO/c1-3-20-8-9-31(18-20)27(34)28-22-7-6-19(2)23(17-22)21-15-24(25(33)5-4-12-32)29-26(16-21)30-10-13-35-14-11-30;1-3-17-6-7-28(15-17)24(31)25-19-5-4-16(2)20(14-19)18-12-21(23(29)30)26-22(13-18)27-8-10-32-11-9-27;3-1-2-4/h6-7,15-17,20,32H,3-5,8-14,18H2,1-2H3,(H,28,34);4-5,12-14,17H,3,6-11,15H2,1-2H3,(H,25,31)(H,29,30);4H,1-3H2/t20-;17-;/m11./s1. The van der Waals surface area contributed by atoms with Crippen molar-refractivity contribution < 1.29 is 44.0 Å². The number of nitrogens with two attached hydrogens (primary N) is 1. The highest BCUT2D eigenvalue weighted by atomic mass is 16.5. The molecule has 0 bridgehead atoms. The maximum absolute atomic E-state index is 12.8. The van der Waals surface area contributed by atoms with Gasteiger partial charge in [0, 0.05) is 83.3 Å². The van der Waals surface area contributed by atoms with Crippen molar-refractivity contribution in [1.29, 1.82) is 0 Å². The molecule has 4 saturated heterocycles. The summed E-state index contributed by atoms with van der Waals surface area (Å²) in [5.41, 5.74) is 12.1. The number of nitrogens with one attached hydrogen (secondary N) is 2. The number of urea groups is 2. The van der Waals surface area contributed by atoms with Crippen molar-refractivity contribution >= 4 is 46.8 Å². The molecule has 0 spiro atoms. The minimum Gasteiger partial charge on any atom is -0.477 e. The van der Waals surface area contributed by atoms with Gasteiger partial charge in [-0.05, 0) is 127 Å². The number of aliphatic hydroxyl groups is 2. The highest BCUT2D eigenvalue weighted by molar-refractivity contribution is 5.97. The van der Waals surface area contributed by atoms with Crippen LogP contribution in [-0.4, -0.2) is 157 Å². The minimum absolute atomic E-state index is 0.000467. The zero-order valence-corrected chi connectivity index (χ0v) is 41.8. The number of carboxylic acids is 1. The van der Waals surface area contributed by atoms with Crippen LogP contribution >= 0.6 is 0 Å². The number of benzene rings is 2. The number of Topliss-reactive ketones (excluding diaryl/α,β-unsaturated/α-hetero) is 1. The van der Waals surface area contributed by atoms with E-state index in [-0.39, 0.29) is 43.2 Å². The van der Waals surface area contributed by atoms with Gasteiger partial charge in [-0.15, -0.1) is 0 Å². The quantitative estimate of drug-likeness (QED) is 0.0705. The van der Waals surface area contributed by atoms with E-state index >= 15 is 0 Å². The third-order valence-corrected chi connectivity index (χ3v) is 13.4. The number of rotatable bonds is 14. The number of carbonyl (C=O) groups excluding carboxylic acids is 3. The van der Waals surface area contributed by atoms with Crippen molar-refractivity contribution in [1.82, 2.24) is 19.8 Å². The molecule has 4 aliphatic rings. The molecule has 71 heavy (non-hydrogen) atoms. The van der Waals surface area contributed by atoms with Crippen molar-refractivity contribution in [2.75, 3.05) is 119 Å². The zero-order chi connectivity index (χ0) is 50.9. The molecule has 18 nitrogen and oxygen atoms in total. The third-order valence-electron chi connectivity index (χ3n) is 13.4. The number of aromatic carboxylic acids is 1. The lowest BCUT2D eigenvalue weighted by Gasteiger charge is -2.28. The second-order valence-corrected chi connectivity index (χ2v) is 18.4. The molecule has 4 aliphatic heterocycles. The predicted octanol–water partition coefficient (Wildman–Crippen LogP) is 6.91. The molecule has 4 aromatic rings. The third kappa shape index (κ3) is 15.2. The molecule has 4 fully saturated rings. The van der Waals surface area contributed by atoms with Crippen molar-refractivity contribution in [3.8, 4) is 22.3 Å². The number of likely N-dealkylation sites (tertiary alicyclic amines) is 2. The molecular formula is C53H73N9O9. The summed E-state index contributed by atoms with van der Waals surface area (Å²) in [6.45, 7) is 17.1. The molecule has 2 aromatic carbocycles. The molecule has 2 aromatic heterocycles. The number of anilines is 4.